The number of aromatic nitrogens is 5. The maximum Gasteiger partial charge on any atom is 0.252 e. The third-order valence-corrected chi connectivity index (χ3v) is 6.70. The molecular weight excluding hydrogens is 464 g/mol. The number of hydrogen-bond acceptors (Lipinski definition) is 6. The van der Waals surface area contributed by atoms with E-state index >= 15 is 0 Å². The second-order valence-corrected chi connectivity index (χ2v) is 9.50. The molecule has 0 saturated carbocycles. The fourth-order valence-electron chi connectivity index (χ4n) is 4.82. The summed E-state index contributed by atoms with van der Waals surface area (Å²) in [7, 11) is 0. The third-order valence-electron chi connectivity index (χ3n) is 6.70. The van der Waals surface area contributed by atoms with Gasteiger partial charge < -0.3 is 9.40 Å². The van der Waals surface area contributed by atoms with Crippen LogP contribution in [0.15, 0.2) is 82.2 Å². The van der Waals surface area contributed by atoms with Crippen LogP contribution >= 0.6 is 0 Å². The summed E-state index contributed by atoms with van der Waals surface area (Å²) in [5.41, 5.74) is 3.85. The molecule has 8 heteroatoms. The molecule has 1 atom stereocenters. The number of fused-ring (bicyclic) bond motifs is 1. The first-order chi connectivity index (χ1) is 18.1. The van der Waals surface area contributed by atoms with E-state index < -0.39 is 0 Å². The van der Waals surface area contributed by atoms with Crippen molar-refractivity contribution in [3.63, 3.8) is 0 Å². The number of H-pyrrole nitrogens is 1. The standard InChI is InChI=1S/C29H32N6O2/c1-3-8-27(28-31-32-33-35(28)15-14-22-9-5-4-6-10-22)34(20-25-11-7-16-37-25)19-24-18-23-17-21(2)12-13-26(23)30-29(24)36/h4-7,9-13,16-18,27H,3,8,14-15,19-20H2,1-2H3,(H,30,36). The number of aryl methyl sites for hydroxylation is 3. The summed E-state index contributed by atoms with van der Waals surface area (Å²) in [5.74, 6) is 1.63. The molecule has 37 heavy (non-hydrogen) atoms. The molecule has 0 aliphatic carbocycles. The molecular formula is C29H32N6O2. The number of nitrogens with one attached hydrogen (secondary N) is 1. The van der Waals surface area contributed by atoms with Crippen molar-refractivity contribution >= 4 is 10.9 Å². The first kappa shape index (κ1) is 24.6. The largest absolute Gasteiger partial charge is 0.468 e. The minimum atomic E-state index is -0.0894. The molecule has 3 aromatic heterocycles. The first-order valence-corrected chi connectivity index (χ1v) is 12.8. The van der Waals surface area contributed by atoms with Crippen LogP contribution in [0.3, 0.4) is 0 Å². The van der Waals surface area contributed by atoms with Crippen molar-refractivity contribution < 1.29 is 4.42 Å². The van der Waals surface area contributed by atoms with Gasteiger partial charge in [0.1, 0.15) is 5.76 Å². The van der Waals surface area contributed by atoms with Crippen molar-refractivity contribution in [2.75, 3.05) is 0 Å². The first-order valence-electron chi connectivity index (χ1n) is 12.8. The van der Waals surface area contributed by atoms with E-state index in [4.69, 9.17) is 4.42 Å². The van der Waals surface area contributed by atoms with Crippen molar-refractivity contribution in [3.8, 4) is 0 Å². The molecule has 8 nitrogen and oxygen atoms in total. The van der Waals surface area contributed by atoms with Crippen molar-refractivity contribution in [2.45, 2.75) is 58.8 Å². The fraction of sp³-hybridized carbons (Fsp3) is 0.310. The lowest BCUT2D eigenvalue weighted by Gasteiger charge is -2.30. The Morgan fingerprint density at radius 3 is 2.70 bits per heavy atom. The highest BCUT2D eigenvalue weighted by atomic mass is 16.3. The van der Waals surface area contributed by atoms with Gasteiger partial charge in [0.2, 0.25) is 0 Å². The summed E-state index contributed by atoms with van der Waals surface area (Å²) in [5, 5.41) is 13.9. The highest BCUT2D eigenvalue weighted by molar-refractivity contribution is 5.79. The quantitative estimate of drug-likeness (QED) is 0.270. The topological polar surface area (TPSA) is 92.8 Å². The zero-order chi connectivity index (χ0) is 25.6. The lowest BCUT2D eigenvalue weighted by molar-refractivity contribution is 0.144. The van der Waals surface area contributed by atoms with Crippen molar-refractivity contribution in [1.29, 1.82) is 0 Å². The maximum atomic E-state index is 13.1. The van der Waals surface area contributed by atoms with E-state index in [1.807, 2.05) is 53.2 Å². The smallest absolute Gasteiger partial charge is 0.252 e. The monoisotopic (exact) mass is 496 g/mol. The molecule has 0 amide bonds. The number of benzene rings is 2. The Morgan fingerprint density at radius 1 is 1.05 bits per heavy atom. The van der Waals surface area contributed by atoms with Gasteiger partial charge in [-0.05, 0) is 71.5 Å². The molecule has 190 valence electrons. The minimum Gasteiger partial charge on any atom is -0.468 e. The molecule has 5 aromatic rings. The van der Waals surface area contributed by atoms with Crippen molar-refractivity contribution in [3.05, 3.63) is 112 Å². The van der Waals surface area contributed by atoms with E-state index in [1.165, 1.54) is 5.56 Å². The summed E-state index contributed by atoms with van der Waals surface area (Å²) < 4.78 is 7.61. The lowest BCUT2D eigenvalue weighted by atomic mass is 10.1. The average molecular weight is 497 g/mol. The van der Waals surface area contributed by atoms with Gasteiger partial charge in [0.05, 0.1) is 18.8 Å². The Morgan fingerprint density at radius 2 is 1.92 bits per heavy atom. The SMILES string of the molecule is CCCC(c1nnnn1CCc1ccccc1)N(Cc1ccco1)Cc1cc2cc(C)ccc2[nH]c1=O. The predicted octanol–water partition coefficient (Wildman–Crippen LogP) is 5.20. The second-order valence-electron chi connectivity index (χ2n) is 9.50. The van der Waals surface area contributed by atoms with Gasteiger partial charge in [0.25, 0.3) is 5.56 Å². The number of aromatic amines is 1. The van der Waals surface area contributed by atoms with E-state index in [-0.39, 0.29) is 11.6 Å². The molecule has 0 fully saturated rings. The van der Waals surface area contributed by atoms with Crippen LogP contribution in [-0.4, -0.2) is 30.1 Å². The highest BCUT2D eigenvalue weighted by Gasteiger charge is 2.27. The van der Waals surface area contributed by atoms with Crippen molar-refractivity contribution in [2.24, 2.45) is 0 Å². The van der Waals surface area contributed by atoms with Crippen molar-refractivity contribution in [1.82, 2.24) is 30.1 Å². The molecule has 0 radical (unpaired) electrons. The number of hydrogen-bond donors (Lipinski definition) is 1. The summed E-state index contributed by atoms with van der Waals surface area (Å²) in [6.07, 6.45) is 4.30. The van der Waals surface area contributed by atoms with Gasteiger partial charge >= 0.3 is 0 Å². The van der Waals surface area contributed by atoms with Gasteiger partial charge in [0, 0.05) is 24.2 Å². The average Bonchev–Trinajstić information content (AvgIpc) is 3.59. The lowest BCUT2D eigenvalue weighted by Crippen LogP contribution is -2.32. The van der Waals surface area contributed by atoms with E-state index in [0.29, 0.717) is 25.2 Å². The second kappa shape index (κ2) is 11.3. The third kappa shape index (κ3) is 5.86. The van der Waals surface area contributed by atoms with Crippen LogP contribution in [0.5, 0.6) is 0 Å². The summed E-state index contributed by atoms with van der Waals surface area (Å²) in [6, 6.07) is 22.2. The number of tetrazole rings is 1. The van der Waals surface area contributed by atoms with E-state index in [0.717, 1.165) is 47.3 Å². The number of rotatable bonds is 11. The van der Waals surface area contributed by atoms with Crippen LogP contribution in [0.1, 0.15) is 54.1 Å². The molecule has 1 unspecified atom stereocenters. The van der Waals surface area contributed by atoms with Crippen LogP contribution in [0.4, 0.5) is 0 Å². The van der Waals surface area contributed by atoms with Crippen LogP contribution in [0, 0.1) is 6.92 Å². The van der Waals surface area contributed by atoms with E-state index in [9.17, 15) is 4.79 Å². The molecule has 2 aromatic carbocycles. The maximum absolute atomic E-state index is 13.1. The molecule has 0 bridgehead atoms. The Hall–Kier alpha value is -4.04. The zero-order valence-corrected chi connectivity index (χ0v) is 21.3. The van der Waals surface area contributed by atoms with Crippen LogP contribution in [0.25, 0.3) is 10.9 Å². The molecule has 3 heterocycles. The van der Waals surface area contributed by atoms with Gasteiger partial charge in [-0.15, -0.1) is 5.10 Å². The predicted molar refractivity (Wildman–Crippen MR) is 143 cm³/mol. The normalized spacial score (nSPS) is 12.4. The molecule has 5 rings (SSSR count). The molecule has 0 saturated heterocycles. The molecule has 0 aliphatic rings. The number of pyridine rings is 1. The van der Waals surface area contributed by atoms with Crippen LogP contribution in [-0.2, 0) is 26.1 Å². The molecule has 1 N–H and O–H groups in total. The Kier molecular flexibility index (Phi) is 7.56. The van der Waals surface area contributed by atoms with Gasteiger partial charge in [-0.3, -0.25) is 9.69 Å². The number of nitrogens with zero attached hydrogens (tertiary/aromatic N) is 5. The van der Waals surface area contributed by atoms with E-state index in [1.54, 1.807) is 6.26 Å². The summed E-state index contributed by atoms with van der Waals surface area (Å²) in [6.45, 7) is 5.86. The minimum absolute atomic E-state index is 0.0836. The van der Waals surface area contributed by atoms with Gasteiger partial charge in [-0.25, -0.2) is 4.68 Å². The molecule has 0 spiro atoms. The van der Waals surface area contributed by atoms with Gasteiger partial charge in [-0.1, -0.05) is 55.3 Å². The Bertz CT molecular complexity index is 1490. The Labute approximate surface area is 215 Å². The Balaban J connectivity index is 1.48. The summed E-state index contributed by atoms with van der Waals surface area (Å²) >= 11 is 0. The zero-order valence-electron chi connectivity index (χ0n) is 21.3. The van der Waals surface area contributed by atoms with Gasteiger partial charge in [0.15, 0.2) is 5.82 Å². The highest BCUT2D eigenvalue weighted by Crippen LogP contribution is 2.28. The summed E-state index contributed by atoms with van der Waals surface area (Å²) in [4.78, 5) is 18.4. The fourth-order valence-corrected chi connectivity index (χ4v) is 4.82. The van der Waals surface area contributed by atoms with E-state index in [2.05, 4.69) is 57.5 Å². The number of furan rings is 1. The van der Waals surface area contributed by atoms with Crippen LogP contribution in [0.2, 0.25) is 0 Å². The molecule has 0 aliphatic heterocycles. The van der Waals surface area contributed by atoms with Crippen LogP contribution < -0.4 is 5.56 Å². The van der Waals surface area contributed by atoms with Gasteiger partial charge in [-0.2, -0.15) is 0 Å².